The van der Waals surface area contributed by atoms with Gasteiger partial charge in [-0.05, 0) is 49.9 Å². The minimum atomic E-state index is -0.458. The van der Waals surface area contributed by atoms with Crippen LogP contribution in [0.5, 0.6) is 0 Å². The Morgan fingerprint density at radius 2 is 1.29 bits per heavy atom. The molecule has 4 saturated heterocycles. The van der Waals surface area contributed by atoms with Crippen LogP contribution in [0.2, 0.25) is 10.3 Å². The van der Waals surface area contributed by atoms with Crippen molar-refractivity contribution in [2.75, 3.05) is 39.4 Å². The molecule has 0 saturated carbocycles. The number of unbranched alkanes of at least 4 members (excludes halogenated alkanes) is 2. The molecular formula is C40H54Cl2N8O12. The number of nitrogens with zero attached hydrogens (tertiary/aromatic N) is 7. The van der Waals surface area contributed by atoms with E-state index in [9.17, 15) is 39.4 Å². The molecule has 0 amide bonds. The zero-order valence-corrected chi connectivity index (χ0v) is 36.3. The highest BCUT2D eigenvalue weighted by Crippen LogP contribution is 2.41. The normalized spacial score (nSPS) is 21.1. The van der Waals surface area contributed by atoms with Gasteiger partial charge in [-0.25, -0.2) is 9.97 Å². The number of nitro groups is 2. The van der Waals surface area contributed by atoms with Crippen molar-refractivity contribution in [3.05, 3.63) is 102 Å². The first-order valence-corrected chi connectivity index (χ1v) is 21.0. The number of ether oxygens (including phenoxy) is 4. The van der Waals surface area contributed by atoms with Gasteiger partial charge in [0.05, 0.1) is 9.85 Å². The summed E-state index contributed by atoms with van der Waals surface area (Å²) in [4.78, 5) is 72.8. The van der Waals surface area contributed by atoms with E-state index in [4.69, 9.17) is 42.1 Å². The second-order valence-electron chi connectivity index (χ2n) is 13.7. The van der Waals surface area contributed by atoms with E-state index < -0.39 is 4.92 Å². The van der Waals surface area contributed by atoms with Gasteiger partial charge < -0.3 is 58.1 Å². The molecule has 22 heteroatoms. The van der Waals surface area contributed by atoms with Crippen molar-refractivity contribution < 1.29 is 48.0 Å². The van der Waals surface area contributed by atoms with Crippen LogP contribution in [0.1, 0.15) is 76.3 Å². The smallest absolute Gasteiger partial charge is 0.314 e. The summed E-state index contributed by atoms with van der Waals surface area (Å²) in [5.74, 6) is 1.25. The number of carbonyl (C=O) groups excluding carboxylic acids is 4. The van der Waals surface area contributed by atoms with Crippen molar-refractivity contribution >= 4 is 48.3 Å². The van der Waals surface area contributed by atoms with Gasteiger partial charge in [0.1, 0.15) is 41.7 Å². The standard InChI is InChI=1S/C14H15ClN4O3.C10H11ClN4O2.C8H16O3.2C4H6O2/c15-11-3-1-9(7-16-11)8-17-5-6-18-12-4-2-10(22-12)13(14(17)18)19(20)21;11-9-2-1-8(5-13-9)6-14-4-3-12-10(14)7-15(16)17;1-3-9-7-5-6-8(11-7)10-4-2;2*5-3-1-2-4-6/h1,3,7,10,12H,2,4-6,8H2;1-2,5,7,12H,3-4,6H2;7-8H,3-6H2,1-2H3;2*3-4H,1-2H2/b;10-7+;;;/t10-,12+;;;;/m1..../s1. The molecule has 2 aromatic rings. The maximum atomic E-state index is 11.5. The Morgan fingerprint density at radius 1 is 0.758 bits per heavy atom. The van der Waals surface area contributed by atoms with E-state index in [1.807, 2.05) is 35.8 Å². The predicted octanol–water partition coefficient (Wildman–Crippen LogP) is 4.88. The molecule has 7 heterocycles. The second-order valence-corrected chi connectivity index (χ2v) is 14.4. The number of aromatic nitrogens is 2. The van der Waals surface area contributed by atoms with E-state index >= 15 is 0 Å². The summed E-state index contributed by atoms with van der Waals surface area (Å²) in [6.45, 7) is 9.49. The first kappa shape index (κ1) is 51.2. The number of halogens is 2. The Morgan fingerprint density at radius 3 is 1.74 bits per heavy atom. The molecule has 4 fully saturated rings. The third-order valence-electron chi connectivity index (χ3n) is 9.29. The molecule has 2 bridgehead atoms. The maximum Gasteiger partial charge on any atom is 0.314 e. The minimum absolute atomic E-state index is 0.0166. The van der Waals surface area contributed by atoms with Crippen LogP contribution in [0.25, 0.3) is 0 Å². The third-order valence-corrected chi connectivity index (χ3v) is 9.74. The Labute approximate surface area is 369 Å². The van der Waals surface area contributed by atoms with Gasteiger partial charge in [-0.2, -0.15) is 0 Å². The lowest BCUT2D eigenvalue weighted by Crippen LogP contribution is -2.41. The molecule has 62 heavy (non-hydrogen) atoms. The molecule has 2 aromatic heterocycles. The van der Waals surface area contributed by atoms with E-state index in [1.165, 1.54) is 0 Å². The van der Waals surface area contributed by atoms with Crippen molar-refractivity contribution in [1.29, 1.82) is 0 Å². The number of nitrogens with one attached hydrogen (secondary N) is 1. The Kier molecular flexibility index (Phi) is 23.5. The first-order chi connectivity index (χ1) is 30.0. The second kappa shape index (κ2) is 28.5. The number of carbonyl (C=O) groups is 4. The zero-order valence-electron chi connectivity index (χ0n) is 34.8. The highest BCUT2D eigenvalue weighted by molar-refractivity contribution is 6.29. The van der Waals surface area contributed by atoms with Gasteiger partial charge in [0.25, 0.3) is 6.20 Å². The number of rotatable bonds is 16. The van der Waals surface area contributed by atoms with Gasteiger partial charge in [0.15, 0.2) is 30.3 Å². The predicted molar refractivity (Wildman–Crippen MR) is 225 cm³/mol. The summed E-state index contributed by atoms with van der Waals surface area (Å²) in [5, 5.41) is 25.8. The van der Waals surface area contributed by atoms with Crippen LogP contribution in [-0.4, -0.2) is 124 Å². The monoisotopic (exact) mass is 908 g/mol. The SMILES string of the molecule is CCOC1CCC(OCC)O1.O=CCCC=O.O=CCCC=O.O=[N+]([O-])/C=C1\NCCN1Cc1ccc(Cl)nc1.O=[N+]([O-])C1=C2N(Cc3ccc(Cl)nc3)CCN2[C@@H]2CC[C@H]1O2. The minimum Gasteiger partial charge on any atom is -0.365 e. The number of hydrogen-bond acceptors (Lipinski definition) is 18. The summed E-state index contributed by atoms with van der Waals surface area (Å²) >= 11 is 11.5. The lowest BCUT2D eigenvalue weighted by molar-refractivity contribution is -0.443. The van der Waals surface area contributed by atoms with Gasteiger partial charge in [0.2, 0.25) is 0 Å². The fraction of sp³-hybridized carbons (Fsp3) is 0.550. The molecule has 5 aliphatic rings. The highest BCUT2D eigenvalue weighted by atomic mass is 35.5. The summed E-state index contributed by atoms with van der Waals surface area (Å²) < 4.78 is 21.7. The molecule has 0 aliphatic carbocycles. The summed E-state index contributed by atoms with van der Waals surface area (Å²) in [6.07, 6.45) is 11.8. The Hall–Kier alpha value is -5.12. The van der Waals surface area contributed by atoms with E-state index in [2.05, 4.69) is 20.2 Å². The average Bonchev–Trinajstić information content (AvgIpc) is 4.08. The molecule has 20 nitrogen and oxygen atoms in total. The summed E-state index contributed by atoms with van der Waals surface area (Å²) in [7, 11) is 0. The molecule has 5 aliphatic heterocycles. The number of pyridine rings is 2. The van der Waals surface area contributed by atoms with E-state index in [-0.39, 0.29) is 35.5 Å². The molecule has 340 valence electrons. The zero-order chi connectivity index (χ0) is 45.3. The molecule has 4 atom stereocenters. The quantitative estimate of drug-likeness (QED) is 0.0776. The van der Waals surface area contributed by atoms with Crippen molar-refractivity contribution in [3.8, 4) is 0 Å². The first-order valence-electron chi connectivity index (χ1n) is 20.2. The van der Waals surface area contributed by atoms with Crippen molar-refractivity contribution in [2.24, 2.45) is 0 Å². The summed E-state index contributed by atoms with van der Waals surface area (Å²) in [6, 6.07) is 7.20. The summed E-state index contributed by atoms with van der Waals surface area (Å²) in [5.41, 5.74) is 2.15. The number of hydrogen-bond donors (Lipinski definition) is 1. The molecule has 7 rings (SSSR count). The molecule has 1 N–H and O–H groups in total. The van der Waals surface area contributed by atoms with E-state index in [1.54, 1.807) is 24.5 Å². The van der Waals surface area contributed by atoms with Gasteiger partial charge in [-0.1, -0.05) is 35.3 Å². The number of aldehydes is 4. The van der Waals surface area contributed by atoms with Gasteiger partial charge in [0, 0.05) is 103 Å². The maximum absolute atomic E-state index is 11.5. The van der Waals surface area contributed by atoms with E-state index in [0.717, 1.165) is 93.6 Å². The molecular weight excluding hydrogens is 855 g/mol. The average molecular weight is 910 g/mol. The van der Waals surface area contributed by atoms with Crippen LogP contribution in [0.3, 0.4) is 0 Å². The van der Waals surface area contributed by atoms with Crippen molar-refractivity contribution in [1.82, 2.24) is 30.0 Å². The fourth-order valence-corrected chi connectivity index (χ4v) is 6.83. The molecule has 0 radical (unpaired) electrons. The Bertz CT molecular complexity index is 1750. The molecule has 0 spiro atoms. The van der Waals surface area contributed by atoms with Crippen LogP contribution >= 0.6 is 23.2 Å². The molecule has 2 unspecified atom stereocenters. The van der Waals surface area contributed by atoms with Crippen molar-refractivity contribution in [3.63, 3.8) is 0 Å². The van der Waals surface area contributed by atoms with Crippen LogP contribution < -0.4 is 5.32 Å². The van der Waals surface area contributed by atoms with Gasteiger partial charge in [-0.3, -0.25) is 20.2 Å². The number of fused-ring (bicyclic) bond motifs is 4. The van der Waals surface area contributed by atoms with Crippen LogP contribution in [-0.2, 0) is 51.2 Å². The lowest BCUT2D eigenvalue weighted by Gasteiger charge is -2.32. The van der Waals surface area contributed by atoms with Gasteiger partial charge >= 0.3 is 5.70 Å². The molecule has 0 aromatic carbocycles. The Balaban J connectivity index is 0.000000227. The highest BCUT2D eigenvalue weighted by Gasteiger charge is 2.50. The third kappa shape index (κ3) is 17.3. The fourth-order valence-electron chi connectivity index (χ4n) is 6.61. The van der Waals surface area contributed by atoms with Gasteiger partial charge in [-0.15, -0.1) is 0 Å². The lowest BCUT2D eigenvalue weighted by atomic mass is 10.2. The van der Waals surface area contributed by atoms with E-state index in [0.29, 0.717) is 74.7 Å². The van der Waals surface area contributed by atoms with Crippen LogP contribution in [0.15, 0.2) is 60.2 Å². The van der Waals surface area contributed by atoms with Crippen LogP contribution in [0, 0.1) is 20.2 Å². The van der Waals surface area contributed by atoms with Crippen molar-refractivity contribution in [2.45, 2.75) is 103 Å². The largest absolute Gasteiger partial charge is 0.365 e. The van der Waals surface area contributed by atoms with Crippen LogP contribution in [0.4, 0.5) is 0 Å². The topological polar surface area (TPSA) is 239 Å².